The first-order valence-electron chi connectivity index (χ1n) is 11.6. The Morgan fingerprint density at radius 2 is 1.41 bits per heavy atom. The molecule has 172 valence electrons. The molecule has 3 aromatic carbocycles. The Kier molecular flexibility index (Phi) is 5.16. The summed E-state index contributed by atoms with van der Waals surface area (Å²) < 4.78 is 5.59. The van der Waals surface area contributed by atoms with Crippen LogP contribution in [0.15, 0.2) is 84.9 Å². The van der Waals surface area contributed by atoms with Crippen molar-refractivity contribution < 1.29 is 19.1 Å². The molecule has 0 unspecified atom stereocenters. The first-order chi connectivity index (χ1) is 16.2. The molecule has 2 aliphatic rings. The van der Waals surface area contributed by atoms with Gasteiger partial charge in [0.25, 0.3) is 5.91 Å². The lowest BCUT2D eigenvalue weighted by atomic mass is 9.67. The van der Waals surface area contributed by atoms with Crippen LogP contribution in [-0.4, -0.2) is 23.4 Å². The van der Waals surface area contributed by atoms with Crippen LogP contribution < -0.4 is 4.90 Å². The highest BCUT2D eigenvalue weighted by Crippen LogP contribution is 2.61. The molecule has 3 atom stereocenters. The summed E-state index contributed by atoms with van der Waals surface area (Å²) >= 11 is 0. The maximum absolute atomic E-state index is 14.3. The van der Waals surface area contributed by atoms with Gasteiger partial charge in [0.1, 0.15) is 11.0 Å². The number of imide groups is 1. The van der Waals surface area contributed by atoms with Crippen LogP contribution in [0.3, 0.4) is 0 Å². The van der Waals surface area contributed by atoms with E-state index in [0.29, 0.717) is 11.3 Å². The van der Waals surface area contributed by atoms with Gasteiger partial charge in [0.15, 0.2) is 5.78 Å². The summed E-state index contributed by atoms with van der Waals surface area (Å²) in [6.45, 7) is 5.27. The van der Waals surface area contributed by atoms with Crippen molar-refractivity contribution in [2.45, 2.75) is 50.0 Å². The quantitative estimate of drug-likeness (QED) is 0.464. The molecule has 0 bridgehead atoms. The van der Waals surface area contributed by atoms with E-state index >= 15 is 0 Å². The number of nitrogens with zero attached hydrogens (tertiary/aromatic N) is 1. The molecule has 1 saturated carbocycles. The number of rotatable bonds is 2. The van der Waals surface area contributed by atoms with Gasteiger partial charge >= 0.3 is 6.09 Å². The number of Topliss-reactive ketones (excluding diaryl/α,β-unsaturated/α-hetero) is 1. The Labute approximate surface area is 199 Å². The van der Waals surface area contributed by atoms with Crippen LogP contribution in [0, 0.1) is 0 Å². The van der Waals surface area contributed by atoms with E-state index < -0.39 is 28.9 Å². The fraction of sp³-hybridized carbons (Fsp3) is 0.276. The lowest BCUT2D eigenvalue weighted by Gasteiger charge is -2.32. The third kappa shape index (κ3) is 3.26. The van der Waals surface area contributed by atoms with Crippen LogP contribution in [0.2, 0.25) is 0 Å². The Balaban J connectivity index is 1.74. The Bertz CT molecular complexity index is 1260. The van der Waals surface area contributed by atoms with E-state index in [4.69, 9.17) is 4.74 Å². The number of hydrogen-bond acceptors (Lipinski definition) is 4. The molecule has 1 heterocycles. The minimum Gasteiger partial charge on any atom is -0.443 e. The normalized spacial score (nSPS) is 23.9. The largest absolute Gasteiger partial charge is 0.443 e. The van der Waals surface area contributed by atoms with Gasteiger partial charge in [-0.1, -0.05) is 78.9 Å². The number of carbonyl (C=O) groups excluding carboxylic acids is 3. The van der Waals surface area contributed by atoms with E-state index in [0.717, 1.165) is 16.0 Å². The van der Waals surface area contributed by atoms with Crippen LogP contribution in [0.25, 0.3) is 0 Å². The van der Waals surface area contributed by atoms with E-state index in [1.807, 2.05) is 66.7 Å². The molecule has 2 amide bonds. The predicted octanol–water partition coefficient (Wildman–Crippen LogP) is 5.75. The molecule has 1 fully saturated rings. The molecule has 0 saturated heterocycles. The summed E-state index contributed by atoms with van der Waals surface area (Å²) in [7, 11) is 0. The second-order valence-corrected chi connectivity index (χ2v) is 9.98. The first-order valence-corrected chi connectivity index (χ1v) is 11.6. The number of ketones is 1. The molecular weight excluding hydrogens is 426 g/mol. The van der Waals surface area contributed by atoms with E-state index in [-0.39, 0.29) is 18.1 Å². The van der Waals surface area contributed by atoms with Gasteiger partial charge < -0.3 is 4.74 Å². The summed E-state index contributed by atoms with van der Waals surface area (Å²) in [5.41, 5.74) is 0.620. The molecule has 1 aliphatic carbocycles. The predicted molar refractivity (Wildman–Crippen MR) is 130 cm³/mol. The maximum atomic E-state index is 14.3. The van der Waals surface area contributed by atoms with Gasteiger partial charge in [-0.3, -0.25) is 9.59 Å². The first kappa shape index (κ1) is 22.1. The van der Waals surface area contributed by atoms with Crippen LogP contribution in [0.1, 0.15) is 55.7 Å². The second kappa shape index (κ2) is 7.94. The highest BCUT2D eigenvalue weighted by molar-refractivity contribution is 6.31. The number of para-hydroxylation sites is 1. The summed E-state index contributed by atoms with van der Waals surface area (Å²) in [5, 5.41) is 0. The van der Waals surface area contributed by atoms with Crippen LogP contribution in [0.4, 0.5) is 10.5 Å². The standard InChI is InChI=1S/C29H27NO4/c1-28(2,3)34-27(33)30-23-17-11-10-16-22(23)29(26(30)32)24(31)18-21(19-12-6-4-7-13-19)25(29)20-14-8-5-9-15-20/h4-17,21,25H,18H2,1-3H3/t21-,25-,29+/m1/s1. The zero-order valence-electron chi connectivity index (χ0n) is 19.5. The average Bonchev–Trinajstić information content (AvgIpc) is 3.27. The summed E-state index contributed by atoms with van der Waals surface area (Å²) in [6.07, 6.45) is -0.546. The third-order valence-electron chi connectivity index (χ3n) is 6.79. The van der Waals surface area contributed by atoms with E-state index in [2.05, 4.69) is 0 Å². The molecule has 5 heteroatoms. The Morgan fingerprint density at radius 3 is 2.03 bits per heavy atom. The zero-order chi connectivity index (χ0) is 24.1. The average molecular weight is 454 g/mol. The molecule has 5 rings (SSSR count). The second-order valence-electron chi connectivity index (χ2n) is 9.98. The third-order valence-corrected chi connectivity index (χ3v) is 6.79. The fourth-order valence-corrected chi connectivity index (χ4v) is 5.57. The van der Waals surface area contributed by atoms with Crippen molar-refractivity contribution in [3.63, 3.8) is 0 Å². The number of hydrogen-bond donors (Lipinski definition) is 0. The lowest BCUT2D eigenvalue weighted by Crippen LogP contribution is -2.49. The number of anilines is 1. The van der Waals surface area contributed by atoms with Crippen molar-refractivity contribution in [2.24, 2.45) is 0 Å². The van der Waals surface area contributed by atoms with E-state index in [9.17, 15) is 14.4 Å². The molecule has 1 aliphatic heterocycles. The molecule has 0 N–H and O–H groups in total. The SMILES string of the molecule is CC(C)(C)OC(=O)N1C(=O)[C@]2(C(=O)C[C@H](c3ccccc3)[C@H]2c2ccccc2)c2ccccc21. The van der Waals surface area contributed by atoms with Crippen molar-refractivity contribution in [2.75, 3.05) is 4.90 Å². The van der Waals surface area contributed by atoms with Gasteiger partial charge in [-0.25, -0.2) is 9.69 Å². The minimum atomic E-state index is -1.49. The highest BCUT2D eigenvalue weighted by Gasteiger charge is 2.67. The van der Waals surface area contributed by atoms with Crippen molar-refractivity contribution >= 4 is 23.5 Å². The summed E-state index contributed by atoms with van der Waals surface area (Å²) in [6, 6.07) is 26.6. The molecular formula is C29H27NO4. The Hall–Kier alpha value is -3.73. The summed E-state index contributed by atoms with van der Waals surface area (Å²) in [4.78, 5) is 42.6. The van der Waals surface area contributed by atoms with Gasteiger partial charge in [-0.05, 0) is 43.9 Å². The van der Waals surface area contributed by atoms with Crippen LogP contribution in [-0.2, 0) is 19.7 Å². The van der Waals surface area contributed by atoms with E-state index in [1.165, 1.54) is 0 Å². The number of ether oxygens (including phenoxy) is 1. The fourth-order valence-electron chi connectivity index (χ4n) is 5.57. The van der Waals surface area contributed by atoms with Crippen molar-refractivity contribution in [3.05, 3.63) is 102 Å². The zero-order valence-corrected chi connectivity index (χ0v) is 19.5. The molecule has 0 aromatic heterocycles. The maximum Gasteiger partial charge on any atom is 0.421 e. The molecule has 1 spiro atoms. The van der Waals surface area contributed by atoms with Gasteiger partial charge in [0.2, 0.25) is 0 Å². The van der Waals surface area contributed by atoms with Crippen LogP contribution in [0.5, 0.6) is 0 Å². The highest BCUT2D eigenvalue weighted by atomic mass is 16.6. The number of carbonyl (C=O) groups is 3. The topological polar surface area (TPSA) is 63.7 Å². The van der Waals surface area contributed by atoms with E-state index in [1.54, 1.807) is 39.0 Å². The van der Waals surface area contributed by atoms with Crippen molar-refractivity contribution in [1.82, 2.24) is 0 Å². The van der Waals surface area contributed by atoms with Crippen molar-refractivity contribution in [1.29, 1.82) is 0 Å². The number of fused-ring (bicyclic) bond motifs is 2. The minimum absolute atomic E-state index is 0.168. The number of benzene rings is 3. The Morgan fingerprint density at radius 1 is 0.853 bits per heavy atom. The van der Waals surface area contributed by atoms with Gasteiger partial charge in [0, 0.05) is 17.9 Å². The molecule has 34 heavy (non-hydrogen) atoms. The molecule has 5 nitrogen and oxygen atoms in total. The van der Waals surface area contributed by atoms with Gasteiger partial charge in [-0.2, -0.15) is 0 Å². The lowest BCUT2D eigenvalue weighted by molar-refractivity contribution is -0.132. The van der Waals surface area contributed by atoms with Gasteiger partial charge in [0.05, 0.1) is 5.69 Å². The number of amides is 2. The van der Waals surface area contributed by atoms with Gasteiger partial charge in [-0.15, -0.1) is 0 Å². The monoisotopic (exact) mass is 453 g/mol. The molecule has 0 radical (unpaired) electrons. The van der Waals surface area contributed by atoms with Crippen LogP contribution >= 0.6 is 0 Å². The van der Waals surface area contributed by atoms with Crippen molar-refractivity contribution in [3.8, 4) is 0 Å². The molecule has 3 aromatic rings. The summed E-state index contributed by atoms with van der Waals surface area (Å²) in [5.74, 6) is -1.35. The smallest absolute Gasteiger partial charge is 0.421 e.